The van der Waals surface area contributed by atoms with Crippen molar-refractivity contribution in [2.45, 2.75) is 38.8 Å². The molecule has 0 aromatic rings. The fraction of sp³-hybridized carbons (Fsp3) is 1.00. The fourth-order valence-electron chi connectivity index (χ4n) is 2.30. The molecule has 0 aromatic carbocycles. The second kappa shape index (κ2) is 8.86. The smallest absolute Gasteiger partial charge is 0.0700 e. The van der Waals surface area contributed by atoms with Gasteiger partial charge in [0.2, 0.25) is 0 Å². The molecule has 0 amide bonds. The minimum absolute atomic E-state index is 0.581. The molecule has 4 heteroatoms. The van der Waals surface area contributed by atoms with Crippen LogP contribution >= 0.6 is 0 Å². The van der Waals surface area contributed by atoms with Crippen LogP contribution in [0.1, 0.15) is 26.7 Å². The summed E-state index contributed by atoms with van der Waals surface area (Å²) in [4.78, 5) is 2.50. The Kier molecular flexibility index (Phi) is 7.77. The summed E-state index contributed by atoms with van der Waals surface area (Å²) in [5.74, 6) is 0. The van der Waals surface area contributed by atoms with E-state index in [2.05, 4.69) is 24.1 Å². The molecule has 1 saturated heterocycles. The minimum atomic E-state index is 0.581. The van der Waals surface area contributed by atoms with Crippen LogP contribution in [0.25, 0.3) is 0 Å². The highest BCUT2D eigenvalue weighted by atomic mass is 16.5. The zero-order valence-corrected chi connectivity index (χ0v) is 11.6. The van der Waals surface area contributed by atoms with Gasteiger partial charge in [-0.05, 0) is 19.4 Å². The van der Waals surface area contributed by atoms with Crippen LogP contribution in [0.15, 0.2) is 0 Å². The maximum atomic E-state index is 5.51. The summed E-state index contributed by atoms with van der Waals surface area (Å²) in [7, 11) is 1.70. The van der Waals surface area contributed by atoms with Crippen molar-refractivity contribution in [1.29, 1.82) is 0 Å². The maximum absolute atomic E-state index is 5.51. The molecule has 1 heterocycles. The Morgan fingerprint density at radius 3 is 2.82 bits per heavy atom. The molecule has 1 unspecified atom stereocenters. The van der Waals surface area contributed by atoms with E-state index in [4.69, 9.17) is 9.47 Å². The predicted octanol–water partition coefficient (Wildman–Crippen LogP) is 1.11. The molecule has 102 valence electrons. The van der Waals surface area contributed by atoms with Crippen molar-refractivity contribution in [2.75, 3.05) is 46.6 Å². The second-order valence-electron chi connectivity index (χ2n) is 5.07. The molecule has 0 aliphatic carbocycles. The van der Waals surface area contributed by atoms with Crippen LogP contribution in [-0.2, 0) is 9.47 Å². The third-order valence-corrected chi connectivity index (χ3v) is 3.06. The van der Waals surface area contributed by atoms with E-state index in [-0.39, 0.29) is 0 Å². The maximum Gasteiger partial charge on any atom is 0.0700 e. The van der Waals surface area contributed by atoms with Crippen molar-refractivity contribution in [3.63, 3.8) is 0 Å². The van der Waals surface area contributed by atoms with Gasteiger partial charge in [-0.25, -0.2) is 0 Å². The number of ether oxygens (including phenoxy) is 2. The number of likely N-dealkylation sites (tertiary alicyclic amines) is 1. The average molecular weight is 244 g/mol. The molecular formula is C13H28N2O2. The third kappa shape index (κ3) is 6.99. The van der Waals surface area contributed by atoms with Crippen LogP contribution in [0.4, 0.5) is 0 Å². The standard InChI is InChI=1S/C13H28N2O2/c1-12(2)14-13-5-4-6-15(11-13)7-8-17-10-9-16-3/h12-14H,4-11H2,1-3H3. The van der Waals surface area contributed by atoms with Gasteiger partial charge in [0, 0.05) is 32.3 Å². The van der Waals surface area contributed by atoms with Crippen LogP contribution in [-0.4, -0.2) is 63.5 Å². The Morgan fingerprint density at radius 1 is 1.29 bits per heavy atom. The first kappa shape index (κ1) is 14.9. The lowest BCUT2D eigenvalue weighted by Gasteiger charge is -2.34. The summed E-state index contributed by atoms with van der Waals surface area (Å²) < 4.78 is 10.5. The Balaban J connectivity index is 2.08. The molecule has 1 aliphatic rings. The molecule has 1 atom stereocenters. The van der Waals surface area contributed by atoms with E-state index in [0.29, 0.717) is 25.3 Å². The molecule has 1 rings (SSSR count). The number of hydrogen-bond acceptors (Lipinski definition) is 4. The van der Waals surface area contributed by atoms with Gasteiger partial charge in [-0.3, -0.25) is 4.90 Å². The fourth-order valence-corrected chi connectivity index (χ4v) is 2.30. The number of nitrogens with one attached hydrogen (secondary N) is 1. The highest BCUT2D eigenvalue weighted by molar-refractivity contribution is 4.79. The Labute approximate surface area is 106 Å². The van der Waals surface area contributed by atoms with Crippen molar-refractivity contribution in [2.24, 2.45) is 0 Å². The summed E-state index contributed by atoms with van der Waals surface area (Å²) >= 11 is 0. The molecule has 0 aromatic heterocycles. The molecule has 1 aliphatic heterocycles. The number of rotatable bonds is 8. The topological polar surface area (TPSA) is 33.7 Å². The first-order valence-electron chi connectivity index (χ1n) is 6.77. The lowest BCUT2D eigenvalue weighted by atomic mass is 10.1. The van der Waals surface area contributed by atoms with Crippen LogP contribution in [0.3, 0.4) is 0 Å². The highest BCUT2D eigenvalue weighted by Gasteiger charge is 2.19. The molecule has 4 nitrogen and oxygen atoms in total. The predicted molar refractivity (Wildman–Crippen MR) is 70.4 cm³/mol. The third-order valence-electron chi connectivity index (χ3n) is 3.06. The number of methoxy groups -OCH3 is 1. The first-order chi connectivity index (χ1) is 8.22. The van der Waals surface area contributed by atoms with Gasteiger partial charge in [0.15, 0.2) is 0 Å². The first-order valence-corrected chi connectivity index (χ1v) is 6.77. The molecule has 17 heavy (non-hydrogen) atoms. The number of hydrogen-bond donors (Lipinski definition) is 1. The quantitative estimate of drug-likeness (QED) is 0.649. The molecule has 1 N–H and O–H groups in total. The van der Waals surface area contributed by atoms with E-state index in [1.54, 1.807) is 7.11 Å². The largest absolute Gasteiger partial charge is 0.382 e. The van der Waals surface area contributed by atoms with Crippen molar-refractivity contribution in [3.05, 3.63) is 0 Å². The second-order valence-corrected chi connectivity index (χ2v) is 5.07. The van der Waals surface area contributed by atoms with Gasteiger partial charge in [0.25, 0.3) is 0 Å². The summed E-state index contributed by atoms with van der Waals surface area (Å²) in [6, 6.07) is 1.24. The van der Waals surface area contributed by atoms with E-state index in [1.807, 2.05) is 0 Å². The molecule has 0 bridgehead atoms. The van der Waals surface area contributed by atoms with Crippen molar-refractivity contribution >= 4 is 0 Å². The van der Waals surface area contributed by atoms with Crippen molar-refractivity contribution in [3.8, 4) is 0 Å². The van der Waals surface area contributed by atoms with E-state index < -0.39 is 0 Å². The van der Waals surface area contributed by atoms with E-state index in [0.717, 1.165) is 19.7 Å². The molecular weight excluding hydrogens is 216 g/mol. The van der Waals surface area contributed by atoms with Crippen molar-refractivity contribution < 1.29 is 9.47 Å². The van der Waals surface area contributed by atoms with E-state index in [1.165, 1.54) is 19.4 Å². The summed E-state index contributed by atoms with van der Waals surface area (Å²) in [5.41, 5.74) is 0. The Morgan fingerprint density at radius 2 is 2.12 bits per heavy atom. The van der Waals surface area contributed by atoms with Gasteiger partial charge in [-0.15, -0.1) is 0 Å². The monoisotopic (exact) mass is 244 g/mol. The lowest BCUT2D eigenvalue weighted by molar-refractivity contribution is 0.0512. The number of nitrogens with zero attached hydrogens (tertiary/aromatic N) is 1. The average Bonchev–Trinajstić information content (AvgIpc) is 2.28. The van der Waals surface area contributed by atoms with Gasteiger partial charge in [0.05, 0.1) is 19.8 Å². The normalized spacial score (nSPS) is 22.2. The van der Waals surface area contributed by atoms with Gasteiger partial charge in [0.1, 0.15) is 0 Å². The molecule has 0 radical (unpaired) electrons. The van der Waals surface area contributed by atoms with Crippen molar-refractivity contribution in [1.82, 2.24) is 10.2 Å². The summed E-state index contributed by atoms with van der Waals surface area (Å²) in [5, 5.41) is 3.62. The van der Waals surface area contributed by atoms with Gasteiger partial charge in [-0.2, -0.15) is 0 Å². The molecule has 0 saturated carbocycles. The van der Waals surface area contributed by atoms with Gasteiger partial charge < -0.3 is 14.8 Å². The van der Waals surface area contributed by atoms with Crippen LogP contribution in [0.2, 0.25) is 0 Å². The zero-order valence-electron chi connectivity index (χ0n) is 11.6. The summed E-state index contributed by atoms with van der Waals surface area (Å²) in [6.07, 6.45) is 2.60. The zero-order chi connectivity index (χ0) is 12.5. The van der Waals surface area contributed by atoms with Gasteiger partial charge >= 0.3 is 0 Å². The number of piperidine rings is 1. The Hall–Kier alpha value is -0.160. The van der Waals surface area contributed by atoms with Gasteiger partial charge in [-0.1, -0.05) is 13.8 Å². The van der Waals surface area contributed by atoms with Crippen LogP contribution < -0.4 is 5.32 Å². The van der Waals surface area contributed by atoms with Crippen LogP contribution in [0, 0.1) is 0 Å². The SMILES string of the molecule is COCCOCCN1CCCC(NC(C)C)C1. The minimum Gasteiger partial charge on any atom is -0.382 e. The highest BCUT2D eigenvalue weighted by Crippen LogP contribution is 2.10. The van der Waals surface area contributed by atoms with Crippen LogP contribution in [0.5, 0.6) is 0 Å². The van der Waals surface area contributed by atoms with E-state index in [9.17, 15) is 0 Å². The summed E-state index contributed by atoms with van der Waals surface area (Å²) in [6.45, 7) is 10.1. The molecule has 0 spiro atoms. The molecule has 1 fully saturated rings. The lowest BCUT2D eigenvalue weighted by Crippen LogP contribution is -2.48. The Bertz CT molecular complexity index is 188. The van der Waals surface area contributed by atoms with E-state index >= 15 is 0 Å².